The van der Waals surface area contributed by atoms with Crippen LogP contribution in [0.3, 0.4) is 0 Å². The molecule has 0 fully saturated rings. The summed E-state index contributed by atoms with van der Waals surface area (Å²) in [6, 6.07) is 17.8. The first-order chi connectivity index (χ1) is 14.1. The van der Waals surface area contributed by atoms with Crippen molar-refractivity contribution in [3.8, 4) is 16.9 Å². The topological polar surface area (TPSA) is 34.8 Å². The van der Waals surface area contributed by atoms with Gasteiger partial charge in [0.1, 0.15) is 5.82 Å². The lowest BCUT2D eigenvalue weighted by Gasteiger charge is -2.09. The summed E-state index contributed by atoms with van der Waals surface area (Å²) in [6.45, 7) is 1.38. The monoisotopic (exact) mass is 424 g/mol. The van der Waals surface area contributed by atoms with Gasteiger partial charge in [-0.2, -0.15) is 0 Å². The molecule has 0 atom stereocenters. The normalized spacial score (nSPS) is 10.8. The Labute approximate surface area is 178 Å². The fraction of sp³-hybridized carbons (Fsp3) is 0.0909. The van der Waals surface area contributed by atoms with Crippen LogP contribution in [-0.2, 0) is 6.54 Å². The number of anilines is 1. The van der Waals surface area contributed by atoms with Crippen LogP contribution in [0.25, 0.3) is 16.9 Å². The van der Waals surface area contributed by atoms with Crippen molar-refractivity contribution in [2.45, 2.75) is 6.54 Å². The fourth-order valence-electron chi connectivity index (χ4n) is 3.11. The first kappa shape index (κ1) is 19.4. The quantitative estimate of drug-likeness (QED) is 0.387. The molecule has 0 amide bonds. The average Bonchev–Trinajstić information content (AvgIpc) is 3.06. The van der Waals surface area contributed by atoms with E-state index < -0.39 is 0 Å². The van der Waals surface area contributed by atoms with Crippen LogP contribution in [0.15, 0.2) is 79.3 Å². The third-order valence-electron chi connectivity index (χ3n) is 4.54. The molecule has 0 saturated carbocycles. The highest BCUT2D eigenvalue weighted by molar-refractivity contribution is 7.71. The first-order valence-electron chi connectivity index (χ1n) is 9.10. The number of pyridine rings is 1. The highest BCUT2D eigenvalue weighted by Crippen LogP contribution is 2.26. The number of imidazole rings is 1. The molecular formula is C22H18ClFN4S. The standard InChI is InChI=1S/C22H18ClFN4S/c23-17-3-7-20(8-4-17)28-21(16-1-5-18(24)6-2-16)15-27(22(28)29)14-13-26-19-9-11-25-12-10-19/h1-12,15H,13-14H2,(H,25,26). The van der Waals surface area contributed by atoms with Crippen LogP contribution in [0, 0.1) is 10.6 Å². The molecule has 2 aromatic heterocycles. The van der Waals surface area contributed by atoms with Gasteiger partial charge in [0.15, 0.2) is 4.77 Å². The molecule has 0 bridgehead atoms. The van der Waals surface area contributed by atoms with Gasteiger partial charge < -0.3 is 9.88 Å². The number of benzene rings is 2. The van der Waals surface area contributed by atoms with E-state index in [9.17, 15) is 4.39 Å². The van der Waals surface area contributed by atoms with Crippen molar-refractivity contribution in [1.82, 2.24) is 14.1 Å². The van der Waals surface area contributed by atoms with Crippen LogP contribution in [0.5, 0.6) is 0 Å². The second-order valence-electron chi connectivity index (χ2n) is 6.47. The SMILES string of the molecule is Fc1ccc(-c2cn(CCNc3ccncc3)c(=S)n2-c2ccc(Cl)cc2)cc1. The Morgan fingerprint density at radius 2 is 1.66 bits per heavy atom. The van der Waals surface area contributed by atoms with Crippen molar-refractivity contribution < 1.29 is 4.39 Å². The molecule has 7 heteroatoms. The third-order valence-corrected chi connectivity index (χ3v) is 5.21. The van der Waals surface area contributed by atoms with Crippen LogP contribution in [0.1, 0.15) is 0 Å². The molecule has 29 heavy (non-hydrogen) atoms. The summed E-state index contributed by atoms with van der Waals surface area (Å²) < 4.78 is 18.1. The second-order valence-corrected chi connectivity index (χ2v) is 7.27. The molecule has 2 aromatic carbocycles. The summed E-state index contributed by atoms with van der Waals surface area (Å²) in [6.07, 6.45) is 5.49. The van der Waals surface area contributed by atoms with E-state index >= 15 is 0 Å². The zero-order chi connectivity index (χ0) is 20.2. The van der Waals surface area contributed by atoms with Gasteiger partial charge in [0.2, 0.25) is 0 Å². The number of nitrogens with one attached hydrogen (secondary N) is 1. The summed E-state index contributed by atoms with van der Waals surface area (Å²) in [5, 5.41) is 4.02. The van der Waals surface area contributed by atoms with E-state index in [1.54, 1.807) is 24.5 Å². The van der Waals surface area contributed by atoms with Gasteiger partial charge in [-0.3, -0.25) is 9.55 Å². The lowest BCUT2D eigenvalue weighted by molar-refractivity contribution is 0.628. The van der Waals surface area contributed by atoms with E-state index in [0.717, 1.165) is 22.6 Å². The summed E-state index contributed by atoms with van der Waals surface area (Å²) in [5.74, 6) is -0.272. The number of hydrogen-bond acceptors (Lipinski definition) is 3. The Morgan fingerprint density at radius 3 is 2.34 bits per heavy atom. The minimum absolute atomic E-state index is 0.272. The van der Waals surface area contributed by atoms with Gasteiger partial charge in [0.25, 0.3) is 0 Å². The molecule has 0 aliphatic rings. The largest absolute Gasteiger partial charge is 0.383 e. The van der Waals surface area contributed by atoms with Crippen molar-refractivity contribution in [2.24, 2.45) is 0 Å². The first-order valence-corrected chi connectivity index (χ1v) is 9.88. The lowest BCUT2D eigenvalue weighted by atomic mass is 10.1. The number of aromatic nitrogens is 3. The maximum absolute atomic E-state index is 13.4. The van der Waals surface area contributed by atoms with Crippen molar-refractivity contribution >= 4 is 29.5 Å². The smallest absolute Gasteiger partial charge is 0.185 e. The predicted octanol–water partition coefficient (Wildman–Crippen LogP) is 5.97. The van der Waals surface area contributed by atoms with Gasteiger partial charge in [-0.25, -0.2) is 4.39 Å². The third kappa shape index (κ3) is 4.39. The van der Waals surface area contributed by atoms with Crippen molar-refractivity contribution in [1.29, 1.82) is 0 Å². The molecule has 0 saturated heterocycles. The lowest BCUT2D eigenvalue weighted by Crippen LogP contribution is -2.10. The summed E-state index contributed by atoms with van der Waals surface area (Å²) >= 11 is 11.8. The van der Waals surface area contributed by atoms with Crippen LogP contribution in [-0.4, -0.2) is 20.7 Å². The van der Waals surface area contributed by atoms with Crippen LogP contribution < -0.4 is 5.32 Å². The number of halogens is 2. The molecule has 0 unspecified atom stereocenters. The molecule has 2 heterocycles. The number of rotatable bonds is 6. The van der Waals surface area contributed by atoms with Gasteiger partial charge in [-0.15, -0.1) is 0 Å². The van der Waals surface area contributed by atoms with Crippen molar-refractivity contribution in [2.75, 3.05) is 11.9 Å². The Hall–Kier alpha value is -2.96. The van der Waals surface area contributed by atoms with Crippen LogP contribution >= 0.6 is 23.8 Å². The van der Waals surface area contributed by atoms with E-state index in [4.69, 9.17) is 23.8 Å². The van der Waals surface area contributed by atoms with Crippen molar-refractivity contribution in [3.05, 3.63) is 94.9 Å². The van der Waals surface area contributed by atoms with E-state index in [1.807, 2.05) is 51.7 Å². The Balaban J connectivity index is 1.69. The van der Waals surface area contributed by atoms with Gasteiger partial charge in [-0.05, 0) is 72.9 Å². The van der Waals surface area contributed by atoms with Crippen molar-refractivity contribution in [3.63, 3.8) is 0 Å². The molecular weight excluding hydrogens is 407 g/mol. The molecule has 1 N–H and O–H groups in total. The van der Waals surface area contributed by atoms with E-state index in [1.165, 1.54) is 12.1 Å². The molecule has 0 spiro atoms. The second kappa shape index (κ2) is 8.59. The minimum Gasteiger partial charge on any atom is -0.383 e. The highest BCUT2D eigenvalue weighted by atomic mass is 35.5. The summed E-state index contributed by atoms with van der Waals surface area (Å²) in [4.78, 5) is 4.02. The fourth-order valence-corrected chi connectivity index (χ4v) is 3.58. The Bertz CT molecular complexity index is 1150. The number of nitrogens with zero attached hydrogens (tertiary/aromatic N) is 3. The Kier molecular flexibility index (Phi) is 5.74. The van der Waals surface area contributed by atoms with E-state index in [2.05, 4.69) is 10.3 Å². The number of hydrogen-bond donors (Lipinski definition) is 1. The maximum atomic E-state index is 13.4. The summed E-state index contributed by atoms with van der Waals surface area (Å²) in [5.41, 5.74) is 3.68. The molecule has 4 aromatic rings. The maximum Gasteiger partial charge on any atom is 0.185 e. The molecule has 4 nitrogen and oxygen atoms in total. The van der Waals surface area contributed by atoms with E-state index in [-0.39, 0.29) is 5.82 Å². The molecule has 0 radical (unpaired) electrons. The zero-order valence-corrected chi connectivity index (χ0v) is 17.0. The van der Waals surface area contributed by atoms with Gasteiger partial charge >= 0.3 is 0 Å². The van der Waals surface area contributed by atoms with E-state index in [0.29, 0.717) is 22.9 Å². The molecule has 4 rings (SSSR count). The summed E-state index contributed by atoms with van der Waals surface area (Å²) in [7, 11) is 0. The van der Waals surface area contributed by atoms with Gasteiger partial charge in [0, 0.05) is 53.6 Å². The molecule has 0 aliphatic heterocycles. The average molecular weight is 425 g/mol. The Morgan fingerprint density at radius 1 is 0.966 bits per heavy atom. The van der Waals surface area contributed by atoms with Gasteiger partial charge in [-0.1, -0.05) is 11.6 Å². The van der Waals surface area contributed by atoms with Gasteiger partial charge in [0.05, 0.1) is 5.69 Å². The molecule has 0 aliphatic carbocycles. The zero-order valence-electron chi connectivity index (χ0n) is 15.4. The van der Waals surface area contributed by atoms with Crippen LogP contribution in [0.4, 0.5) is 10.1 Å². The molecule has 146 valence electrons. The minimum atomic E-state index is -0.272. The van der Waals surface area contributed by atoms with Crippen LogP contribution in [0.2, 0.25) is 5.02 Å². The predicted molar refractivity (Wildman–Crippen MR) is 118 cm³/mol. The highest BCUT2D eigenvalue weighted by Gasteiger charge is 2.13.